The van der Waals surface area contributed by atoms with Crippen LogP contribution in [0.3, 0.4) is 0 Å². The van der Waals surface area contributed by atoms with E-state index in [4.69, 9.17) is 14.0 Å². The van der Waals surface area contributed by atoms with Crippen molar-refractivity contribution >= 4 is 17.5 Å². The van der Waals surface area contributed by atoms with Gasteiger partial charge in [-0.15, -0.1) is 0 Å². The zero-order valence-electron chi connectivity index (χ0n) is 16.3. The van der Waals surface area contributed by atoms with Crippen LogP contribution in [0.1, 0.15) is 32.1 Å². The average Bonchev–Trinajstić information content (AvgIpc) is 3.38. The molecule has 0 aliphatic carbocycles. The van der Waals surface area contributed by atoms with E-state index in [1.807, 2.05) is 13.0 Å². The summed E-state index contributed by atoms with van der Waals surface area (Å²) in [5.41, 5.74) is 1.19. The van der Waals surface area contributed by atoms with Gasteiger partial charge in [-0.25, -0.2) is 5.01 Å². The number of benzene rings is 1. The number of aromatic nitrogens is 2. The van der Waals surface area contributed by atoms with Gasteiger partial charge in [-0.3, -0.25) is 9.59 Å². The Balaban J connectivity index is 1.52. The van der Waals surface area contributed by atoms with E-state index in [9.17, 15) is 9.59 Å². The van der Waals surface area contributed by atoms with Gasteiger partial charge in [0.15, 0.2) is 11.5 Å². The Morgan fingerprint density at radius 1 is 1.24 bits per heavy atom. The number of carbonyl (C=O) groups excluding carboxylic acids is 2. The molecule has 2 aliphatic heterocycles. The van der Waals surface area contributed by atoms with Gasteiger partial charge in [0.25, 0.3) is 5.89 Å². The molecule has 4 rings (SSSR count). The van der Waals surface area contributed by atoms with E-state index in [2.05, 4.69) is 15.2 Å². The standard InChI is InChI=1S/C19H21N5O5/c1-3-8-23(2)17(26)10-24-16(25)7-5-13(21-24)19-20-18(22-29-19)12-4-6-14-15(9-12)28-11-27-14/h4,6,9H,3,5,7-8,10-11H2,1-2H3. The summed E-state index contributed by atoms with van der Waals surface area (Å²) in [6, 6.07) is 5.37. The lowest BCUT2D eigenvalue weighted by Crippen LogP contribution is -2.41. The molecule has 3 heterocycles. The highest BCUT2D eigenvalue weighted by molar-refractivity contribution is 6.01. The fraction of sp³-hybridized carbons (Fsp3) is 0.421. The summed E-state index contributed by atoms with van der Waals surface area (Å²) in [6.07, 6.45) is 1.44. The molecule has 0 unspecified atom stereocenters. The molecule has 0 fully saturated rings. The van der Waals surface area contributed by atoms with E-state index in [0.29, 0.717) is 41.6 Å². The topological polar surface area (TPSA) is 110 Å². The Morgan fingerprint density at radius 3 is 2.90 bits per heavy atom. The number of carbonyl (C=O) groups is 2. The highest BCUT2D eigenvalue weighted by Crippen LogP contribution is 2.35. The Bertz CT molecular complexity index is 970. The van der Waals surface area contributed by atoms with E-state index in [0.717, 1.165) is 6.42 Å². The van der Waals surface area contributed by atoms with Crippen LogP contribution in [-0.4, -0.2) is 64.5 Å². The normalized spacial score (nSPS) is 15.4. The van der Waals surface area contributed by atoms with E-state index in [-0.39, 0.29) is 37.5 Å². The van der Waals surface area contributed by atoms with Crippen molar-refractivity contribution in [3.05, 3.63) is 24.1 Å². The quantitative estimate of drug-likeness (QED) is 0.726. The number of fused-ring (bicyclic) bond motifs is 1. The molecule has 2 aliphatic rings. The third-order valence-electron chi connectivity index (χ3n) is 4.68. The van der Waals surface area contributed by atoms with Crippen molar-refractivity contribution in [2.45, 2.75) is 26.2 Å². The number of amides is 2. The summed E-state index contributed by atoms with van der Waals surface area (Å²) >= 11 is 0. The molecule has 0 radical (unpaired) electrons. The molecule has 10 nitrogen and oxygen atoms in total. The Hall–Kier alpha value is -3.43. The van der Waals surface area contributed by atoms with Gasteiger partial charge in [-0.05, 0) is 24.6 Å². The second kappa shape index (κ2) is 7.90. The average molecular weight is 399 g/mol. The molecule has 0 spiro atoms. The number of likely N-dealkylation sites (N-methyl/N-ethyl adjacent to an activating group) is 1. The molecule has 0 saturated carbocycles. The molecular formula is C19H21N5O5. The number of hydrazone groups is 1. The molecule has 10 heteroatoms. The third-order valence-corrected chi connectivity index (χ3v) is 4.68. The van der Waals surface area contributed by atoms with E-state index in [1.165, 1.54) is 5.01 Å². The summed E-state index contributed by atoms with van der Waals surface area (Å²) in [4.78, 5) is 30.4. The van der Waals surface area contributed by atoms with Gasteiger partial charge >= 0.3 is 0 Å². The minimum Gasteiger partial charge on any atom is -0.454 e. The second-order valence-electron chi connectivity index (χ2n) is 6.80. The van der Waals surface area contributed by atoms with Crippen LogP contribution in [0.15, 0.2) is 27.8 Å². The van der Waals surface area contributed by atoms with Crippen LogP contribution in [-0.2, 0) is 9.59 Å². The number of nitrogens with zero attached hydrogens (tertiary/aromatic N) is 5. The third kappa shape index (κ3) is 3.91. The molecular weight excluding hydrogens is 378 g/mol. The maximum Gasteiger partial charge on any atom is 0.274 e. The number of hydrogen-bond acceptors (Lipinski definition) is 8. The molecule has 0 N–H and O–H groups in total. The lowest BCUT2D eigenvalue weighted by Gasteiger charge is -2.24. The summed E-state index contributed by atoms with van der Waals surface area (Å²) in [6.45, 7) is 2.69. The first-order chi connectivity index (χ1) is 14.0. The molecule has 1 aromatic heterocycles. The predicted octanol–water partition coefficient (Wildman–Crippen LogP) is 1.66. The van der Waals surface area contributed by atoms with Crippen molar-refractivity contribution in [2.24, 2.45) is 5.10 Å². The minimum atomic E-state index is -0.206. The van der Waals surface area contributed by atoms with Crippen LogP contribution < -0.4 is 9.47 Å². The van der Waals surface area contributed by atoms with Gasteiger partial charge in [0.2, 0.25) is 24.4 Å². The van der Waals surface area contributed by atoms with E-state index >= 15 is 0 Å². The molecule has 152 valence electrons. The summed E-state index contributed by atoms with van der Waals surface area (Å²) in [5.74, 6) is 1.52. The van der Waals surface area contributed by atoms with Gasteiger partial charge in [0.1, 0.15) is 12.3 Å². The first-order valence-electron chi connectivity index (χ1n) is 9.41. The number of hydrogen-bond donors (Lipinski definition) is 0. The first-order valence-corrected chi connectivity index (χ1v) is 9.41. The zero-order valence-corrected chi connectivity index (χ0v) is 16.3. The lowest BCUT2D eigenvalue weighted by atomic mass is 10.1. The maximum absolute atomic E-state index is 12.3. The molecule has 2 aromatic rings. The summed E-state index contributed by atoms with van der Waals surface area (Å²) in [5, 5.41) is 9.47. The number of rotatable bonds is 6. The van der Waals surface area contributed by atoms with Crippen LogP contribution in [0.5, 0.6) is 11.5 Å². The lowest BCUT2D eigenvalue weighted by molar-refractivity contribution is -0.140. The van der Waals surface area contributed by atoms with Gasteiger partial charge in [-0.1, -0.05) is 12.1 Å². The summed E-state index contributed by atoms with van der Waals surface area (Å²) in [7, 11) is 1.71. The first kappa shape index (κ1) is 18.9. The van der Waals surface area contributed by atoms with Crippen LogP contribution in [0.2, 0.25) is 0 Å². The molecule has 29 heavy (non-hydrogen) atoms. The highest BCUT2D eigenvalue weighted by atomic mass is 16.7. The number of ether oxygens (including phenoxy) is 2. The molecule has 1 aromatic carbocycles. The molecule has 0 atom stereocenters. The van der Waals surface area contributed by atoms with Crippen LogP contribution in [0.25, 0.3) is 11.4 Å². The van der Waals surface area contributed by atoms with Crippen molar-refractivity contribution in [3.63, 3.8) is 0 Å². The van der Waals surface area contributed by atoms with Gasteiger partial charge in [0, 0.05) is 32.0 Å². The predicted molar refractivity (Wildman–Crippen MR) is 101 cm³/mol. The Kier molecular flexibility index (Phi) is 5.15. The Labute approximate surface area is 167 Å². The Morgan fingerprint density at radius 2 is 2.07 bits per heavy atom. The van der Waals surface area contributed by atoms with Crippen molar-refractivity contribution < 1.29 is 23.6 Å². The van der Waals surface area contributed by atoms with Gasteiger partial charge < -0.3 is 18.9 Å². The minimum absolute atomic E-state index is 0.109. The van der Waals surface area contributed by atoms with Crippen LogP contribution in [0.4, 0.5) is 0 Å². The zero-order chi connectivity index (χ0) is 20.4. The summed E-state index contributed by atoms with van der Waals surface area (Å²) < 4.78 is 16.0. The van der Waals surface area contributed by atoms with Crippen molar-refractivity contribution in [1.29, 1.82) is 0 Å². The van der Waals surface area contributed by atoms with Gasteiger partial charge in [0.05, 0.1) is 0 Å². The fourth-order valence-corrected chi connectivity index (χ4v) is 3.08. The van der Waals surface area contributed by atoms with Crippen LogP contribution in [0, 0.1) is 0 Å². The maximum atomic E-state index is 12.3. The van der Waals surface area contributed by atoms with E-state index in [1.54, 1.807) is 24.1 Å². The van der Waals surface area contributed by atoms with Crippen molar-refractivity contribution in [1.82, 2.24) is 20.0 Å². The van der Waals surface area contributed by atoms with E-state index < -0.39 is 0 Å². The van der Waals surface area contributed by atoms with Crippen LogP contribution >= 0.6 is 0 Å². The molecule has 0 saturated heterocycles. The fourth-order valence-electron chi connectivity index (χ4n) is 3.08. The largest absolute Gasteiger partial charge is 0.454 e. The highest BCUT2D eigenvalue weighted by Gasteiger charge is 2.27. The van der Waals surface area contributed by atoms with Crippen molar-refractivity contribution in [3.8, 4) is 22.9 Å². The van der Waals surface area contributed by atoms with Crippen molar-refractivity contribution in [2.75, 3.05) is 26.9 Å². The second-order valence-corrected chi connectivity index (χ2v) is 6.80. The molecule has 2 amide bonds. The smallest absolute Gasteiger partial charge is 0.274 e. The van der Waals surface area contributed by atoms with Gasteiger partial charge in [-0.2, -0.15) is 10.1 Å². The SMILES string of the molecule is CCCN(C)C(=O)CN1N=C(c2nc(-c3ccc4c(c3)OCO4)no2)CCC1=O. The molecule has 0 bridgehead atoms. The monoisotopic (exact) mass is 399 g/mol.